The third kappa shape index (κ3) is 5.27. The maximum absolute atomic E-state index is 13.3. The third-order valence-electron chi connectivity index (χ3n) is 6.23. The van der Waals surface area contributed by atoms with E-state index >= 15 is 0 Å². The molecule has 1 unspecified atom stereocenters. The Morgan fingerprint density at radius 1 is 1.21 bits per heavy atom. The minimum atomic E-state index is -4.35. The number of aromatic nitrogens is 1. The predicted octanol–water partition coefficient (Wildman–Crippen LogP) is 3.45. The van der Waals surface area contributed by atoms with Crippen LogP contribution in [-0.4, -0.2) is 73.2 Å². The molecule has 10 heteroatoms. The molecular formula is C23H27F4N5O. The topological polar surface area (TPSA) is 78.5 Å². The van der Waals surface area contributed by atoms with E-state index in [-0.39, 0.29) is 19.1 Å². The molecule has 3 heterocycles. The lowest BCUT2D eigenvalue weighted by Crippen LogP contribution is -2.49. The summed E-state index contributed by atoms with van der Waals surface area (Å²) in [5.41, 5.74) is 8.92. The van der Waals surface area contributed by atoms with Crippen LogP contribution in [0.1, 0.15) is 28.4 Å². The smallest absolute Gasteiger partial charge is 0.401 e. The summed E-state index contributed by atoms with van der Waals surface area (Å²) in [5.74, 6) is 0.643. The number of benzene rings is 1. The van der Waals surface area contributed by atoms with Crippen LogP contribution in [0.4, 0.5) is 23.2 Å². The van der Waals surface area contributed by atoms with Gasteiger partial charge in [-0.25, -0.2) is 0 Å². The fourth-order valence-electron chi connectivity index (χ4n) is 4.62. The van der Waals surface area contributed by atoms with Crippen molar-refractivity contribution in [1.82, 2.24) is 14.8 Å². The van der Waals surface area contributed by atoms with Crippen LogP contribution in [0, 0.1) is 11.3 Å². The Bertz CT molecular complexity index is 976. The van der Waals surface area contributed by atoms with Gasteiger partial charge in [0.2, 0.25) is 0 Å². The van der Waals surface area contributed by atoms with Crippen LogP contribution in [0.15, 0.2) is 30.5 Å². The number of rotatable bonds is 8. The summed E-state index contributed by atoms with van der Waals surface area (Å²) in [4.78, 5) is 7.90. The molecule has 0 radical (unpaired) electrons. The Hall–Kier alpha value is -2.72. The number of nitrogens with two attached hydrogens (primary N) is 1. The quantitative estimate of drug-likeness (QED) is 0.355. The molecular weight excluding hydrogens is 438 g/mol. The maximum atomic E-state index is 13.3. The van der Waals surface area contributed by atoms with E-state index in [2.05, 4.69) is 9.88 Å². The van der Waals surface area contributed by atoms with E-state index < -0.39 is 18.8 Å². The van der Waals surface area contributed by atoms with Gasteiger partial charge in [0.05, 0.1) is 31.2 Å². The highest BCUT2D eigenvalue weighted by molar-refractivity contribution is 5.88. The lowest BCUT2D eigenvalue weighted by Gasteiger charge is -2.38. The molecule has 33 heavy (non-hydrogen) atoms. The molecule has 2 aromatic rings. The van der Waals surface area contributed by atoms with E-state index in [1.54, 1.807) is 24.3 Å². The number of nitrogens with one attached hydrogen (secondary N) is 1. The van der Waals surface area contributed by atoms with Gasteiger partial charge >= 0.3 is 6.18 Å². The molecule has 2 aliphatic heterocycles. The summed E-state index contributed by atoms with van der Waals surface area (Å²) >= 11 is 0. The third-order valence-corrected chi connectivity index (χ3v) is 6.23. The fourth-order valence-corrected chi connectivity index (χ4v) is 4.62. The first-order valence-corrected chi connectivity index (χ1v) is 10.9. The summed E-state index contributed by atoms with van der Waals surface area (Å²) in [6.45, 7) is 1.39. The average molecular weight is 465 g/mol. The van der Waals surface area contributed by atoms with E-state index in [1.807, 2.05) is 0 Å². The molecule has 178 valence electrons. The van der Waals surface area contributed by atoms with Crippen LogP contribution in [0.25, 0.3) is 0 Å². The maximum Gasteiger partial charge on any atom is 0.401 e. The average Bonchev–Trinajstić information content (AvgIpc) is 2.74. The number of alkyl halides is 4. The highest BCUT2D eigenvalue weighted by Crippen LogP contribution is 2.38. The number of nitrogen functional groups attached to an aromatic ring is 1. The number of hydrogen-bond donors (Lipinski definition) is 2. The number of anilines is 1. The number of fused-ring (bicyclic) bond motifs is 1. The molecule has 2 aliphatic rings. The van der Waals surface area contributed by atoms with E-state index in [0.29, 0.717) is 47.8 Å². The van der Waals surface area contributed by atoms with Gasteiger partial charge in [-0.3, -0.25) is 19.2 Å². The number of hydrogen-bond acceptors (Lipinski definition) is 6. The molecule has 3 N–H and O–H groups in total. The van der Waals surface area contributed by atoms with Gasteiger partial charge in [0.15, 0.2) is 0 Å². The monoisotopic (exact) mass is 465 g/mol. The van der Waals surface area contributed by atoms with E-state index in [4.69, 9.17) is 15.9 Å². The molecule has 4 rings (SSSR count). The molecule has 1 saturated heterocycles. The molecule has 0 saturated carbocycles. The molecule has 6 nitrogen and oxygen atoms in total. The van der Waals surface area contributed by atoms with Crippen molar-refractivity contribution < 1.29 is 22.3 Å². The lowest BCUT2D eigenvalue weighted by molar-refractivity contribution is -0.150. The Morgan fingerprint density at radius 3 is 2.64 bits per heavy atom. The summed E-state index contributed by atoms with van der Waals surface area (Å²) in [5, 5.41) is 7.70. The number of likely N-dealkylation sites (tertiary alicyclic amines) is 1. The van der Waals surface area contributed by atoms with Gasteiger partial charge in [0.25, 0.3) is 0 Å². The standard InChI is InChI=1S/C23H27F4N5O/c24-9-15-12-31(13-15)7-8-33-16-1-4-21(30-11-16)22-18-2-3-20(29)19(10-28)17(18)5-6-32(22)14-23(25,26)27/h1-4,10-11,15,22,28H,5-9,12-14,29H2. The van der Waals surface area contributed by atoms with Crippen molar-refractivity contribution >= 4 is 11.9 Å². The molecule has 0 aliphatic carbocycles. The van der Waals surface area contributed by atoms with Gasteiger partial charge in [0.1, 0.15) is 12.4 Å². The van der Waals surface area contributed by atoms with Gasteiger partial charge in [-0.1, -0.05) is 6.07 Å². The minimum Gasteiger partial charge on any atom is -0.491 e. The summed E-state index contributed by atoms with van der Waals surface area (Å²) in [7, 11) is 0. The summed E-state index contributed by atoms with van der Waals surface area (Å²) in [6.07, 6.45) is -1.30. The number of ether oxygens (including phenoxy) is 1. The Balaban J connectivity index is 1.52. The van der Waals surface area contributed by atoms with Crippen molar-refractivity contribution in [2.24, 2.45) is 5.92 Å². The number of halogens is 4. The Labute approximate surface area is 189 Å². The van der Waals surface area contributed by atoms with Crippen molar-refractivity contribution in [2.45, 2.75) is 18.6 Å². The van der Waals surface area contributed by atoms with Crippen molar-refractivity contribution in [3.63, 3.8) is 0 Å². The minimum absolute atomic E-state index is 0.118. The SMILES string of the molecule is N=Cc1c(N)ccc2c1CCN(CC(F)(F)F)C2c1ccc(OCCN2CC(CF)C2)cn1. The van der Waals surface area contributed by atoms with E-state index in [1.165, 1.54) is 11.1 Å². The van der Waals surface area contributed by atoms with Crippen LogP contribution in [0.5, 0.6) is 5.75 Å². The van der Waals surface area contributed by atoms with Gasteiger partial charge in [-0.05, 0) is 35.7 Å². The fraction of sp³-hybridized carbons (Fsp3) is 0.478. The first-order valence-electron chi connectivity index (χ1n) is 10.9. The van der Waals surface area contributed by atoms with Crippen LogP contribution in [0.2, 0.25) is 0 Å². The zero-order valence-electron chi connectivity index (χ0n) is 18.1. The van der Waals surface area contributed by atoms with Crippen molar-refractivity contribution in [1.29, 1.82) is 5.41 Å². The molecule has 1 fully saturated rings. The molecule has 0 bridgehead atoms. The van der Waals surface area contributed by atoms with Crippen LogP contribution < -0.4 is 10.5 Å². The first kappa shape index (κ1) is 23.4. The largest absolute Gasteiger partial charge is 0.491 e. The second-order valence-corrected chi connectivity index (χ2v) is 8.57. The highest BCUT2D eigenvalue weighted by Gasteiger charge is 2.38. The first-order chi connectivity index (χ1) is 15.8. The van der Waals surface area contributed by atoms with Crippen molar-refractivity contribution in [2.75, 3.05) is 51.7 Å². The van der Waals surface area contributed by atoms with Gasteiger partial charge in [-0.15, -0.1) is 0 Å². The normalized spacial score (nSPS) is 19.7. The van der Waals surface area contributed by atoms with Gasteiger partial charge in [-0.2, -0.15) is 13.2 Å². The molecule has 1 aromatic heterocycles. The van der Waals surface area contributed by atoms with E-state index in [9.17, 15) is 17.6 Å². The van der Waals surface area contributed by atoms with Gasteiger partial charge < -0.3 is 15.9 Å². The van der Waals surface area contributed by atoms with E-state index in [0.717, 1.165) is 24.9 Å². The Kier molecular flexibility index (Phi) is 6.85. The predicted molar refractivity (Wildman–Crippen MR) is 118 cm³/mol. The molecule has 0 amide bonds. The van der Waals surface area contributed by atoms with Crippen LogP contribution in [-0.2, 0) is 6.42 Å². The Morgan fingerprint density at radius 2 is 2.00 bits per heavy atom. The second kappa shape index (κ2) is 9.64. The zero-order valence-corrected chi connectivity index (χ0v) is 18.1. The molecule has 1 atom stereocenters. The van der Waals surface area contributed by atoms with Crippen LogP contribution in [0.3, 0.4) is 0 Å². The van der Waals surface area contributed by atoms with Crippen molar-refractivity contribution in [3.05, 3.63) is 52.8 Å². The molecule has 1 aromatic carbocycles. The lowest BCUT2D eigenvalue weighted by atomic mass is 9.86. The number of nitrogens with zero attached hydrogens (tertiary/aromatic N) is 3. The number of pyridine rings is 1. The van der Waals surface area contributed by atoms with Crippen LogP contribution >= 0.6 is 0 Å². The van der Waals surface area contributed by atoms with Crippen molar-refractivity contribution in [3.8, 4) is 5.75 Å². The summed E-state index contributed by atoms with van der Waals surface area (Å²) in [6, 6.07) is 6.04. The zero-order chi connectivity index (χ0) is 23.6. The summed E-state index contributed by atoms with van der Waals surface area (Å²) < 4.78 is 58.1. The highest BCUT2D eigenvalue weighted by atomic mass is 19.4. The van der Waals surface area contributed by atoms with Gasteiger partial charge in [0, 0.05) is 49.6 Å². The second-order valence-electron chi connectivity index (χ2n) is 8.57. The molecule has 0 spiro atoms.